The topological polar surface area (TPSA) is 67.7 Å². The first-order chi connectivity index (χ1) is 12.4. The van der Waals surface area contributed by atoms with E-state index in [1.807, 2.05) is 29.7 Å². The molecule has 7 nitrogen and oxygen atoms in total. The fourth-order valence-electron chi connectivity index (χ4n) is 4.06. The van der Waals surface area contributed by atoms with Gasteiger partial charge in [-0.2, -0.15) is 5.10 Å². The molecule has 1 spiro atoms. The molecule has 0 N–H and O–H groups in total. The minimum Gasteiger partial charge on any atom is -0.441 e. The first kappa shape index (κ1) is 18.7. The van der Waals surface area contributed by atoms with Gasteiger partial charge in [0, 0.05) is 38.5 Å². The Morgan fingerprint density at radius 2 is 2.04 bits per heavy atom. The van der Waals surface area contributed by atoms with Crippen LogP contribution in [-0.2, 0) is 11.3 Å². The Labute approximate surface area is 155 Å². The molecule has 0 saturated carbocycles. The molecule has 0 unspecified atom stereocenters. The van der Waals surface area contributed by atoms with Gasteiger partial charge in [0.15, 0.2) is 0 Å². The van der Waals surface area contributed by atoms with Crippen LogP contribution in [0.4, 0.5) is 4.79 Å². The smallest absolute Gasteiger partial charge is 0.410 e. The first-order valence-electron chi connectivity index (χ1n) is 9.72. The Morgan fingerprint density at radius 3 is 2.65 bits per heavy atom. The van der Waals surface area contributed by atoms with Gasteiger partial charge in [-0.3, -0.25) is 9.48 Å². The van der Waals surface area contributed by atoms with Gasteiger partial charge in [-0.1, -0.05) is 13.3 Å². The second-order valence-electron chi connectivity index (χ2n) is 7.60. The molecular formula is C19H30N4O3. The predicted octanol–water partition coefficient (Wildman–Crippen LogP) is 2.83. The molecule has 1 aromatic rings. The van der Waals surface area contributed by atoms with E-state index >= 15 is 0 Å². The summed E-state index contributed by atoms with van der Waals surface area (Å²) in [7, 11) is 0. The molecule has 3 rings (SSSR count). The third kappa shape index (κ3) is 3.44. The lowest BCUT2D eigenvalue weighted by atomic mass is 9.90. The number of ether oxygens (including phenoxy) is 1. The number of carbonyl (C=O) groups excluding carboxylic acids is 2. The highest BCUT2D eigenvalue weighted by Gasteiger charge is 2.48. The molecule has 1 atom stereocenters. The van der Waals surface area contributed by atoms with Gasteiger partial charge < -0.3 is 14.5 Å². The Hall–Kier alpha value is -2.05. The van der Waals surface area contributed by atoms with Crippen molar-refractivity contribution in [1.82, 2.24) is 19.6 Å². The van der Waals surface area contributed by atoms with Gasteiger partial charge >= 0.3 is 6.09 Å². The van der Waals surface area contributed by atoms with Crippen molar-refractivity contribution < 1.29 is 14.3 Å². The molecule has 2 saturated heterocycles. The van der Waals surface area contributed by atoms with Gasteiger partial charge in [-0.25, -0.2) is 4.79 Å². The summed E-state index contributed by atoms with van der Waals surface area (Å²) in [6, 6.07) is 2.05. The van der Waals surface area contributed by atoms with Crippen LogP contribution in [-0.4, -0.2) is 62.9 Å². The van der Waals surface area contributed by atoms with E-state index in [9.17, 15) is 9.59 Å². The van der Waals surface area contributed by atoms with Crippen molar-refractivity contribution in [1.29, 1.82) is 0 Å². The average Bonchev–Trinajstić information content (AvgIpc) is 3.15. The first-order valence-corrected chi connectivity index (χ1v) is 9.72. The summed E-state index contributed by atoms with van der Waals surface area (Å²) in [4.78, 5) is 28.9. The molecule has 2 amide bonds. The molecule has 2 aliphatic rings. The largest absolute Gasteiger partial charge is 0.441 e. The lowest BCUT2D eigenvalue weighted by Crippen LogP contribution is -2.49. The van der Waals surface area contributed by atoms with Gasteiger partial charge in [0.2, 0.25) is 0 Å². The summed E-state index contributed by atoms with van der Waals surface area (Å²) in [5.41, 5.74) is 1.06. The SMILES string of the molecule is CCC[C@H](C)N1CC2(CCN(C(=O)c3cc(C)nn3CC)CC2)OC1=O. The standard InChI is InChI=1S/C19H30N4O3/c1-5-7-15(4)22-13-19(26-18(22)25)8-10-21(11-9-19)17(24)16-12-14(3)20-23(16)6-2/h12,15H,5-11,13H2,1-4H3/t15-/m0/s1. The minimum atomic E-state index is -0.434. The van der Waals surface area contributed by atoms with Crippen LogP contribution in [0.5, 0.6) is 0 Å². The molecule has 2 aliphatic heterocycles. The van der Waals surface area contributed by atoms with Gasteiger partial charge in [0.25, 0.3) is 5.91 Å². The summed E-state index contributed by atoms with van der Waals surface area (Å²) >= 11 is 0. The van der Waals surface area contributed by atoms with E-state index in [1.165, 1.54) is 0 Å². The highest BCUT2D eigenvalue weighted by Crippen LogP contribution is 2.35. The van der Waals surface area contributed by atoms with E-state index < -0.39 is 5.60 Å². The van der Waals surface area contributed by atoms with Gasteiger partial charge in [0.05, 0.1) is 12.2 Å². The zero-order valence-corrected chi connectivity index (χ0v) is 16.3. The Balaban J connectivity index is 1.64. The molecule has 0 aliphatic carbocycles. The number of carbonyl (C=O) groups is 2. The molecular weight excluding hydrogens is 332 g/mol. The number of aryl methyl sites for hydroxylation is 2. The number of rotatable bonds is 5. The van der Waals surface area contributed by atoms with Crippen LogP contribution in [0.15, 0.2) is 6.07 Å². The maximum absolute atomic E-state index is 12.9. The van der Waals surface area contributed by atoms with Crippen molar-refractivity contribution in [2.45, 2.75) is 71.6 Å². The Bertz CT molecular complexity index is 676. The number of hydrogen-bond donors (Lipinski definition) is 0. The fraction of sp³-hybridized carbons (Fsp3) is 0.737. The molecule has 0 bridgehead atoms. The third-order valence-electron chi connectivity index (χ3n) is 5.62. The Morgan fingerprint density at radius 1 is 1.35 bits per heavy atom. The quantitative estimate of drug-likeness (QED) is 0.808. The molecule has 0 aromatic carbocycles. The lowest BCUT2D eigenvalue weighted by molar-refractivity contribution is 0.00273. The van der Waals surface area contributed by atoms with Crippen molar-refractivity contribution in [2.24, 2.45) is 0 Å². The molecule has 144 valence electrons. The normalized spacial score (nSPS) is 20.5. The van der Waals surface area contributed by atoms with Gasteiger partial charge in [-0.05, 0) is 33.3 Å². The maximum atomic E-state index is 12.9. The molecule has 3 heterocycles. The van der Waals surface area contributed by atoms with E-state index in [4.69, 9.17) is 4.74 Å². The molecule has 2 fully saturated rings. The maximum Gasteiger partial charge on any atom is 0.410 e. The zero-order valence-electron chi connectivity index (χ0n) is 16.3. The molecule has 0 radical (unpaired) electrons. The van der Waals surface area contributed by atoms with Crippen LogP contribution < -0.4 is 0 Å². The number of likely N-dealkylation sites (tertiary alicyclic amines) is 1. The highest BCUT2D eigenvalue weighted by molar-refractivity contribution is 5.92. The second kappa shape index (κ2) is 7.29. The summed E-state index contributed by atoms with van der Waals surface area (Å²) in [6.45, 7) is 10.6. The van der Waals surface area contributed by atoms with Crippen molar-refractivity contribution in [3.05, 3.63) is 17.5 Å². The average molecular weight is 362 g/mol. The second-order valence-corrected chi connectivity index (χ2v) is 7.60. The number of piperidine rings is 1. The molecule has 26 heavy (non-hydrogen) atoms. The highest BCUT2D eigenvalue weighted by atomic mass is 16.6. The fourth-order valence-corrected chi connectivity index (χ4v) is 4.06. The van der Waals surface area contributed by atoms with Gasteiger partial charge in [-0.15, -0.1) is 0 Å². The van der Waals surface area contributed by atoms with Crippen molar-refractivity contribution in [2.75, 3.05) is 19.6 Å². The van der Waals surface area contributed by atoms with Crippen molar-refractivity contribution in [3.8, 4) is 0 Å². The summed E-state index contributed by atoms with van der Waals surface area (Å²) in [6.07, 6.45) is 3.21. The van der Waals surface area contributed by atoms with E-state index in [-0.39, 0.29) is 18.0 Å². The van der Waals surface area contributed by atoms with E-state index in [0.29, 0.717) is 44.7 Å². The van der Waals surface area contributed by atoms with E-state index in [2.05, 4.69) is 18.9 Å². The van der Waals surface area contributed by atoms with Crippen LogP contribution in [0.3, 0.4) is 0 Å². The number of hydrogen-bond acceptors (Lipinski definition) is 4. The lowest BCUT2D eigenvalue weighted by Gasteiger charge is -2.37. The number of amides is 2. The van der Waals surface area contributed by atoms with Crippen LogP contribution in [0.25, 0.3) is 0 Å². The van der Waals surface area contributed by atoms with Crippen LogP contribution >= 0.6 is 0 Å². The Kier molecular flexibility index (Phi) is 5.25. The minimum absolute atomic E-state index is 0.0165. The van der Waals surface area contributed by atoms with Crippen molar-refractivity contribution in [3.63, 3.8) is 0 Å². The molecule has 7 heteroatoms. The van der Waals surface area contributed by atoms with Crippen LogP contribution in [0, 0.1) is 6.92 Å². The third-order valence-corrected chi connectivity index (χ3v) is 5.62. The van der Waals surface area contributed by atoms with Crippen LogP contribution in [0.1, 0.15) is 62.6 Å². The summed E-state index contributed by atoms with van der Waals surface area (Å²) < 4.78 is 7.54. The van der Waals surface area contributed by atoms with Gasteiger partial charge in [0.1, 0.15) is 11.3 Å². The zero-order chi connectivity index (χ0) is 18.9. The summed E-state index contributed by atoms with van der Waals surface area (Å²) in [5.74, 6) is 0.0165. The monoisotopic (exact) mass is 362 g/mol. The number of nitrogens with zero attached hydrogens (tertiary/aromatic N) is 4. The summed E-state index contributed by atoms with van der Waals surface area (Å²) in [5, 5.41) is 4.37. The van der Waals surface area contributed by atoms with E-state index in [1.54, 1.807) is 4.68 Å². The van der Waals surface area contributed by atoms with E-state index in [0.717, 1.165) is 18.5 Å². The van der Waals surface area contributed by atoms with Crippen LogP contribution in [0.2, 0.25) is 0 Å². The molecule has 1 aromatic heterocycles. The van der Waals surface area contributed by atoms with Crippen molar-refractivity contribution >= 4 is 12.0 Å². The number of aromatic nitrogens is 2. The predicted molar refractivity (Wildman–Crippen MR) is 98.1 cm³/mol.